The minimum Gasteiger partial charge on any atom is -0.283 e. The van der Waals surface area contributed by atoms with Crippen molar-refractivity contribution in [3.8, 4) is 22.4 Å². The van der Waals surface area contributed by atoms with Crippen molar-refractivity contribution < 1.29 is 0 Å². The van der Waals surface area contributed by atoms with Crippen molar-refractivity contribution in [3.05, 3.63) is 83.2 Å². The van der Waals surface area contributed by atoms with Crippen LogP contribution in [0.25, 0.3) is 38.4 Å². The highest BCUT2D eigenvalue weighted by atomic mass is 35.5. The van der Waals surface area contributed by atoms with Gasteiger partial charge in [0, 0.05) is 10.4 Å². The van der Waals surface area contributed by atoms with Crippen LogP contribution in [0, 0.1) is 0 Å². The smallest absolute Gasteiger partial charge is 0.195 e. The molecule has 25 heavy (non-hydrogen) atoms. The average Bonchev–Trinajstić information content (AvgIpc) is 3.21. The Kier molecular flexibility index (Phi) is 3.37. The summed E-state index contributed by atoms with van der Waals surface area (Å²) < 4.78 is 2.20. The Morgan fingerprint density at radius 2 is 1.52 bits per heavy atom. The van der Waals surface area contributed by atoms with Gasteiger partial charge in [-0.25, -0.2) is 4.98 Å². The van der Waals surface area contributed by atoms with Crippen LogP contribution in [-0.2, 0) is 0 Å². The van der Waals surface area contributed by atoms with Crippen molar-refractivity contribution >= 4 is 38.9 Å². The van der Waals surface area contributed by atoms with Crippen LogP contribution < -0.4 is 0 Å². The molecule has 0 bridgehead atoms. The number of hydrogen-bond acceptors (Lipinski definition) is 2. The Morgan fingerprint density at radius 3 is 2.32 bits per heavy atom. The van der Waals surface area contributed by atoms with E-state index in [-0.39, 0.29) is 0 Å². The van der Waals surface area contributed by atoms with E-state index in [4.69, 9.17) is 11.6 Å². The van der Waals surface area contributed by atoms with Crippen molar-refractivity contribution in [1.29, 1.82) is 0 Å². The second kappa shape index (κ2) is 5.73. The second-order valence-electron chi connectivity index (χ2n) is 5.93. The van der Waals surface area contributed by atoms with Gasteiger partial charge in [-0.1, -0.05) is 66.2 Å². The first-order valence-electron chi connectivity index (χ1n) is 8.01. The first-order valence-corrected chi connectivity index (χ1v) is 9.26. The van der Waals surface area contributed by atoms with Gasteiger partial charge in [-0.05, 0) is 34.9 Å². The number of halogens is 1. The van der Waals surface area contributed by atoms with Crippen LogP contribution in [0.15, 0.2) is 78.2 Å². The summed E-state index contributed by atoms with van der Waals surface area (Å²) in [5.41, 5.74) is 6.80. The van der Waals surface area contributed by atoms with E-state index in [0.29, 0.717) is 5.02 Å². The van der Waals surface area contributed by atoms with E-state index in [1.807, 2.05) is 24.3 Å². The van der Waals surface area contributed by atoms with Crippen LogP contribution in [-0.4, -0.2) is 9.38 Å². The fourth-order valence-electron chi connectivity index (χ4n) is 3.17. The first-order chi connectivity index (χ1) is 12.3. The fourth-order valence-corrected chi connectivity index (χ4v) is 4.24. The molecule has 0 spiro atoms. The lowest BCUT2D eigenvalue weighted by atomic mass is 10.0. The molecule has 2 aromatic heterocycles. The average molecular weight is 361 g/mol. The summed E-state index contributed by atoms with van der Waals surface area (Å²) in [5, 5.41) is 2.88. The lowest BCUT2D eigenvalue weighted by Gasteiger charge is -2.05. The Labute approximate surface area is 154 Å². The topological polar surface area (TPSA) is 17.3 Å². The number of fused-ring (bicyclic) bond motifs is 3. The van der Waals surface area contributed by atoms with Crippen LogP contribution in [0.1, 0.15) is 0 Å². The lowest BCUT2D eigenvalue weighted by molar-refractivity contribution is 1.28. The molecule has 0 aliphatic heterocycles. The molecule has 0 N–H and O–H groups in total. The zero-order valence-corrected chi connectivity index (χ0v) is 14.8. The lowest BCUT2D eigenvalue weighted by Crippen LogP contribution is -1.86. The summed E-state index contributed by atoms with van der Waals surface area (Å²) >= 11 is 7.75. The van der Waals surface area contributed by atoms with E-state index in [9.17, 15) is 0 Å². The number of hydrogen-bond donors (Lipinski definition) is 0. The molecule has 3 aromatic carbocycles. The maximum atomic E-state index is 6.10. The molecule has 0 unspecified atom stereocenters. The summed E-state index contributed by atoms with van der Waals surface area (Å²) in [6, 6.07) is 25.0. The van der Waals surface area contributed by atoms with Gasteiger partial charge in [0.2, 0.25) is 0 Å². The predicted octanol–water partition coefficient (Wildman–Crippen LogP) is 6.54. The van der Waals surface area contributed by atoms with E-state index >= 15 is 0 Å². The monoisotopic (exact) mass is 360 g/mol. The van der Waals surface area contributed by atoms with Crippen molar-refractivity contribution in [2.24, 2.45) is 0 Å². The van der Waals surface area contributed by atoms with E-state index < -0.39 is 0 Å². The highest BCUT2D eigenvalue weighted by Crippen LogP contribution is 2.32. The summed E-state index contributed by atoms with van der Waals surface area (Å²) in [6.07, 6.45) is 0. The van der Waals surface area contributed by atoms with Crippen LogP contribution in [0.2, 0.25) is 5.02 Å². The van der Waals surface area contributed by atoms with Gasteiger partial charge in [0.15, 0.2) is 4.96 Å². The molecule has 2 heterocycles. The minimum absolute atomic E-state index is 0.715. The summed E-state index contributed by atoms with van der Waals surface area (Å²) in [5.74, 6) is 0. The molecule has 0 aliphatic rings. The summed E-state index contributed by atoms with van der Waals surface area (Å²) in [6.45, 7) is 0. The van der Waals surface area contributed by atoms with Crippen molar-refractivity contribution in [3.63, 3.8) is 0 Å². The van der Waals surface area contributed by atoms with Crippen LogP contribution in [0.3, 0.4) is 0 Å². The molecule has 0 fully saturated rings. The number of aromatic nitrogens is 2. The van der Waals surface area contributed by atoms with Gasteiger partial charge in [0.05, 0.1) is 16.7 Å². The Morgan fingerprint density at radius 1 is 0.800 bits per heavy atom. The Bertz CT molecular complexity index is 1190. The number of imidazole rings is 1. The van der Waals surface area contributed by atoms with Gasteiger partial charge in [0.25, 0.3) is 0 Å². The molecular formula is C21H13ClN2S. The molecule has 5 rings (SSSR count). The highest BCUT2D eigenvalue weighted by molar-refractivity contribution is 7.15. The molecule has 0 radical (unpaired) electrons. The quantitative estimate of drug-likeness (QED) is 0.349. The zero-order valence-electron chi connectivity index (χ0n) is 13.2. The molecule has 5 aromatic rings. The molecule has 0 saturated carbocycles. The molecule has 120 valence electrons. The molecule has 4 heteroatoms. The number of nitrogens with zero attached hydrogens (tertiary/aromatic N) is 2. The summed E-state index contributed by atoms with van der Waals surface area (Å²) in [7, 11) is 0. The van der Waals surface area contributed by atoms with Crippen molar-refractivity contribution in [1.82, 2.24) is 9.38 Å². The normalized spacial score (nSPS) is 11.4. The van der Waals surface area contributed by atoms with Gasteiger partial charge in [-0.15, -0.1) is 11.3 Å². The van der Waals surface area contributed by atoms with Crippen LogP contribution in [0.5, 0.6) is 0 Å². The third-order valence-corrected chi connectivity index (χ3v) is 5.45. The summed E-state index contributed by atoms with van der Waals surface area (Å²) in [4.78, 5) is 5.67. The van der Waals surface area contributed by atoms with Crippen LogP contribution in [0.4, 0.5) is 0 Å². The number of rotatable bonds is 2. The van der Waals surface area contributed by atoms with E-state index in [2.05, 4.69) is 63.3 Å². The van der Waals surface area contributed by atoms with Crippen molar-refractivity contribution in [2.45, 2.75) is 0 Å². The van der Waals surface area contributed by atoms with Gasteiger partial charge in [-0.2, -0.15) is 0 Å². The SMILES string of the molecule is Clc1ccc2c(c1)nc1scc(-c3ccc(-c4ccccc4)cc3)n12. The molecule has 0 aliphatic carbocycles. The van der Waals surface area contributed by atoms with Gasteiger partial charge in [0.1, 0.15) is 0 Å². The zero-order chi connectivity index (χ0) is 16.8. The predicted molar refractivity (Wildman–Crippen MR) is 106 cm³/mol. The number of benzene rings is 3. The third kappa shape index (κ3) is 2.44. The van der Waals surface area contributed by atoms with Gasteiger partial charge >= 0.3 is 0 Å². The molecule has 2 nitrogen and oxygen atoms in total. The number of thiazole rings is 1. The van der Waals surface area contributed by atoms with Crippen molar-refractivity contribution in [2.75, 3.05) is 0 Å². The third-order valence-electron chi connectivity index (χ3n) is 4.39. The van der Waals surface area contributed by atoms with Crippen LogP contribution >= 0.6 is 22.9 Å². The van der Waals surface area contributed by atoms with E-state index in [1.165, 1.54) is 16.7 Å². The first kappa shape index (κ1) is 14.7. The Hall–Kier alpha value is -2.62. The molecule has 0 amide bonds. The molecule has 0 atom stereocenters. The maximum absolute atomic E-state index is 6.10. The van der Waals surface area contributed by atoms with Gasteiger partial charge in [-0.3, -0.25) is 4.40 Å². The van der Waals surface area contributed by atoms with E-state index in [0.717, 1.165) is 21.7 Å². The largest absolute Gasteiger partial charge is 0.283 e. The maximum Gasteiger partial charge on any atom is 0.195 e. The molecule has 0 saturated heterocycles. The second-order valence-corrected chi connectivity index (χ2v) is 7.20. The molecular weight excluding hydrogens is 348 g/mol. The standard InChI is InChI=1S/C21H13ClN2S/c22-17-10-11-19-18(12-17)23-21-24(19)20(13-25-21)16-8-6-15(7-9-16)14-4-2-1-3-5-14/h1-13H. The highest BCUT2D eigenvalue weighted by Gasteiger charge is 2.12. The fraction of sp³-hybridized carbons (Fsp3) is 0. The van der Waals surface area contributed by atoms with Gasteiger partial charge < -0.3 is 0 Å². The Balaban J connectivity index is 1.64. The minimum atomic E-state index is 0.715. The van der Waals surface area contributed by atoms with E-state index in [1.54, 1.807) is 11.3 Å².